The predicted octanol–water partition coefficient (Wildman–Crippen LogP) is 5.81. The summed E-state index contributed by atoms with van der Waals surface area (Å²) in [6, 6.07) is 10.3. The van der Waals surface area contributed by atoms with Crippen molar-refractivity contribution in [3.63, 3.8) is 0 Å². The molecule has 0 N–H and O–H groups in total. The molecule has 2 aromatic heterocycles. The number of nitrogens with zero attached hydrogens (tertiary/aromatic N) is 4. The van der Waals surface area contributed by atoms with Gasteiger partial charge in [0.2, 0.25) is 0 Å². The second-order valence-corrected chi connectivity index (χ2v) is 7.71. The van der Waals surface area contributed by atoms with Crippen LogP contribution >= 0.6 is 24.4 Å². The lowest BCUT2D eigenvalue weighted by Crippen LogP contribution is -2.26. The first kappa shape index (κ1) is 19.7. The number of thiol groups is 1. The van der Waals surface area contributed by atoms with Gasteiger partial charge in [-0.3, -0.25) is 0 Å². The molecule has 0 amide bonds. The third kappa shape index (κ3) is 4.28. The van der Waals surface area contributed by atoms with E-state index in [0.29, 0.717) is 28.6 Å². The summed E-state index contributed by atoms with van der Waals surface area (Å²) < 4.78 is 18.0. The lowest BCUT2D eigenvalue weighted by molar-refractivity contribution is 0.525. The Hall–Kier alpha value is -2.05. The molecule has 1 atom stereocenters. The quantitative estimate of drug-likeness (QED) is 0.415. The molecule has 142 valence electrons. The van der Waals surface area contributed by atoms with Crippen molar-refractivity contribution in [3.8, 4) is 16.9 Å². The number of hydrogen-bond acceptors (Lipinski definition) is 4. The molecule has 4 nitrogen and oxygen atoms in total. The highest BCUT2D eigenvalue weighted by molar-refractivity contribution is 7.81. The van der Waals surface area contributed by atoms with Crippen molar-refractivity contribution in [3.05, 3.63) is 59.8 Å². The van der Waals surface area contributed by atoms with Gasteiger partial charge in [-0.05, 0) is 31.4 Å². The fraction of sp³-hybridized carbons (Fsp3) is 0.300. The number of pyridine rings is 1. The standard InChI is InChI=1S/C20H22ClFN4S/c1-13(2)11-14(3)26(27)17-12-18(25-10-6-9-23-25)24-20(21)19(17)15-7-4-5-8-16(15)22/h4-10,12-14,27H,11H2,1-3H3. The minimum Gasteiger partial charge on any atom is -0.315 e. The van der Waals surface area contributed by atoms with Gasteiger partial charge in [0.1, 0.15) is 11.0 Å². The van der Waals surface area contributed by atoms with Crippen LogP contribution in [-0.2, 0) is 0 Å². The summed E-state index contributed by atoms with van der Waals surface area (Å²) in [6.07, 6.45) is 4.38. The molecular weight excluding hydrogens is 383 g/mol. The van der Waals surface area contributed by atoms with Gasteiger partial charge in [-0.25, -0.2) is 14.1 Å². The van der Waals surface area contributed by atoms with E-state index in [-0.39, 0.29) is 17.0 Å². The van der Waals surface area contributed by atoms with Crippen molar-refractivity contribution in [2.24, 2.45) is 5.92 Å². The Balaban J connectivity index is 2.18. The van der Waals surface area contributed by atoms with Gasteiger partial charge in [0, 0.05) is 35.6 Å². The van der Waals surface area contributed by atoms with Crippen LogP contribution in [0.1, 0.15) is 27.2 Å². The average Bonchev–Trinajstić information content (AvgIpc) is 3.15. The van der Waals surface area contributed by atoms with Crippen molar-refractivity contribution in [2.75, 3.05) is 4.31 Å². The molecule has 2 heterocycles. The first-order valence-electron chi connectivity index (χ1n) is 8.82. The van der Waals surface area contributed by atoms with E-state index in [1.54, 1.807) is 41.3 Å². The van der Waals surface area contributed by atoms with Gasteiger partial charge in [0.15, 0.2) is 5.82 Å². The average molecular weight is 405 g/mol. The minimum atomic E-state index is -0.354. The van der Waals surface area contributed by atoms with E-state index in [4.69, 9.17) is 24.4 Å². The van der Waals surface area contributed by atoms with E-state index < -0.39 is 0 Å². The second kappa shape index (κ2) is 8.31. The summed E-state index contributed by atoms with van der Waals surface area (Å²) in [6.45, 7) is 6.40. The largest absolute Gasteiger partial charge is 0.315 e. The number of benzene rings is 1. The van der Waals surface area contributed by atoms with Crippen LogP contribution in [0.15, 0.2) is 48.8 Å². The third-order valence-electron chi connectivity index (χ3n) is 4.30. The molecule has 1 aromatic carbocycles. The number of halogens is 2. The highest BCUT2D eigenvalue weighted by Crippen LogP contribution is 2.40. The van der Waals surface area contributed by atoms with Crippen LogP contribution in [0.5, 0.6) is 0 Å². The molecule has 0 fully saturated rings. The lowest BCUT2D eigenvalue weighted by atomic mass is 10.0. The molecule has 1 unspecified atom stereocenters. The van der Waals surface area contributed by atoms with E-state index in [0.717, 1.165) is 6.42 Å². The Morgan fingerprint density at radius 2 is 1.96 bits per heavy atom. The van der Waals surface area contributed by atoms with Crippen molar-refractivity contribution >= 4 is 30.1 Å². The van der Waals surface area contributed by atoms with Crippen LogP contribution < -0.4 is 4.31 Å². The number of rotatable bonds is 6. The fourth-order valence-electron chi connectivity index (χ4n) is 3.12. The summed E-state index contributed by atoms with van der Waals surface area (Å²) in [5.74, 6) is 0.692. The Bertz CT molecular complexity index is 914. The number of hydrogen-bond donors (Lipinski definition) is 1. The highest BCUT2D eigenvalue weighted by atomic mass is 35.5. The molecule has 0 spiro atoms. The molecule has 0 aliphatic rings. The Kier molecular flexibility index (Phi) is 6.07. The van der Waals surface area contributed by atoms with Crippen LogP contribution in [0.3, 0.4) is 0 Å². The maximum absolute atomic E-state index is 14.5. The number of anilines is 1. The van der Waals surface area contributed by atoms with Crippen LogP contribution in [0, 0.1) is 11.7 Å². The smallest absolute Gasteiger partial charge is 0.157 e. The molecule has 0 saturated carbocycles. The van der Waals surface area contributed by atoms with Crippen LogP contribution in [-0.4, -0.2) is 20.8 Å². The zero-order valence-electron chi connectivity index (χ0n) is 15.5. The Morgan fingerprint density at radius 3 is 2.59 bits per heavy atom. The van der Waals surface area contributed by atoms with Gasteiger partial charge in [-0.1, -0.05) is 56.5 Å². The SMILES string of the molecule is CC(C)CC(C)N(S)c1cc(-n2cccn2)nc(Cl)c1-c1ccccc1F. The molecule has 3 aromatic rings. The zero-order chi connectivity index (χ0) is 19.6. The van der Waals surface area contributed by atoms with Gasteiger partial charge in [0.25, 0.3) is 0 Å². The van der Waals surface area contributed by atoms with E-state index in [1.165, 1.54) is 6.07 Å². The highest BCUT2D eigenvalue weighted by Gasteiger charge is 2.23. The molecule has 0 radical (unpaired) electrons. The molecule has 0 aliphatic carbocycles. The first-order valence-corrected chi connectivity index (χ1v) is 9.59. The van der Waals surface area contributed by atoms with Crippen molar-refractivity contribution < 1.29 is 4.39 Å². The first-order chi connectivity index (χ1) is 12.9. The van der Waals surface area contributed by atoms with Crippen molar-refractivity contribution in [1.82, 2.24) is 14.8 Å². The maximum atomic E-state index is 14.5. The molecule has 27 heavy (non-hydrogen) atoms. The summed E-state index contributed by atoms with van der Waals surface area (Å²) in [4.78, 5) is 4.44. The van der Waals surface area contributed by atoms with Gasteiger partial charge in [0.05, 0.1) is 5.69 Å². The van der Waals surface area contributed by atoms with Gasteiger partial charge < -0.3 is 4.31 Å². The normalized spacial score (nSPS) is 12.4. The predicted molar refractivity (Wildman–Crippen MR) is 112 cm³/mol. The van der Waals surface area contributed by atoms with Crippen molar-refractivity contribution in [2.45, 2.75) is 33.2 Å². The monoisotopic (exact) mass is 404 g/mol. The van der Waals surface area contributed by atoms with E-state index >= 15 is 0 Å². The lowest BCUT2D eigenvalue weighted by Gasteiger charge is -2.29. The molecule has 0 bridgehead atoms. The van der Waals surface area contributed by atoms with Crippen molar-refractivity contribution in [1.29, 1.82) is 0 Å². The summed E-state index contributed by atoms with van der Waals surface area (Å²) in [5, 5.41) is 4.43. The van der Waals surface area contributed by atoms with Gasteiger partial charge in [-0.15, -0.1) is 0 Å². The fourth-order valence-corrected chi connectivity index (χ4v) is 3.66. The molecule has 3 rings (SSSR count). The maximum Gasteiger partial charge on any atom is 0.157 e. The summed E-state index contributed by atoms with van der Waals surface area (Å²) in [5.41, 5.74) is 1.62. The van der Waals surface area contributed by atoms with Crippen LogP contribution in [0.2, 0.25) is 5.15 Å². The molecule has 0 aliphatic heterocycles. The minimum absolute atomic E-state index is 0.114. The zero-order valence-corrected chi connectivity index (χ0v) is 17.1. The summed E-state index contributed by atoms with van der Waals surface area (Å²) >= 11 is 11.3. The second-order valence-electron chi connectivity index (χ2n) is 6.92. The molecule has 7 heteroatoms. The van der Waals surface area contributed by atoms with E-state index in [9.17, 15) is 4.39 Å². The van der Waals surface area contributed by atoms with Crippen LogP contribution in [0.4, 0.5) is 10.1 Å². The molecular formula is C20H22ClFN4S. The summed E-state index contributed by atoms with van der Waals surface area (Å²) in [7, 11) is 0. The van der Waals surface area contributed by atoms with Gasteiger partial charge >= 0.3 is 0 Å². The van der Waals surface area contributed by atoms with Gasteiger partial charge in [-0.2, -0.15) is 5.10 Å². The number of aromatic nitrogens is 3. The third-order valence-corrected chi connectivity index (χ3v) is 5.18. The molecule has 0 saturated heterocycles. The Labute approximate surface area is 169 Å². The van der Waals surface area contributed by atoms with E-state index in [2.05, 4.69) is 30.9 Å². The van der Waals surface area contributed by atoms with Crippen LogP contribution in [0.25, 0.3) is 16.9 Å². The van der Waals surface area contributed by atoms with E-state index in [1.807, 2.05) is 10.4 Å². The Morgan fingerprint density at radius 1 is 1.22 bits per heavy atom. The topological polar surface area (TPSA) is 34.0 Å².